The molecule has 2 nitrogen and oxygen atoms in total. The first kappa shape index (κ1) is 9.04. The van der Waals surface area contributed by atoms with E-state index in [4.69, 9.17) is 23.1 Å². The Kier molecular flexibility index (Phi) is 4.41. The van der Waals surface area contributed by atoms with E-state index in [0.717, 1.165) is 0 Å². The zero-order chi connectivity index (χ0) is 7.98. The summed E-state index contributed by atoms with van der Waals surface area (Å²) in [6.07, 6.45) is 8.58. The second-order valence-electron chi connectivity index (χ2n) is 1.98. The van der Waals surface area contributed by atoms with E-state index in [2.05, 4.69) is 11.8 Å². The fraction of sp³-hybridized carbons (Fsp3) is 0.500. The lowest BCUT2D eigenvalue weighted by molar-refractivity contribution is 0.112. The molecule has 0 radical (unpaired) electrons. The summed E-state index contributed by atoms with van der Waals surface area (Å²) >= 11 is 0. The van der Waals surface area contributed by atoms with E-state index in [0.29, 0.717) is 0 Å². The molecule has 0 aliphatic carbocycles. The highest BCUT2D eigenvalue weighted by Crippen LogP contribution is 1.99. The molecule has 0 rings (SSSR count). The second kappa shape index (κ2) is 4.88. The molecule has 2 heteroatoms. The van der Waals surface area contributed by atoms with Crippen molar-refractivity contribution in [2.75, 3.05) is 0 Å². The second-order valence-corrected chi connectivity index (χ2v) is 1.98. The summed E-state index contributed by atoms with van der Waals surface area (Å²) < 4.78 is 0. The van der Waals surface area contributed by atoms with Crippen LogP contribution < -0.4 is 0 Å². The molecule has 2 N–H and O–H groups in total. The predicted molar refractivity (Wildman–Crippen MR) is 38.9 cm³/mol. The van der Waals surface area contributed by atoms with Crippen LogP contribution in [-0.2, 0) is 0 Å². The highest BCUT2D eigenvalue weighted by atomic mass is 16.3. The van der Waals surface area contributed by atoms with E-state index in [-0.39, 0.29) is 12.8 Å². The molecule has 0 spiro atoms. The molecule has 0 aromatic carbocycles. The van der Waals surface area contributed by atoms with Crippen molar-refractivity contribution < 1.29 is 10.2 Å². The smallest absolute Gasteiger partial charge is 0.117 e. The Labute approximate surface area is 60.9 Å². The van der Waals surface area contributed by atoms with Gasteiger partial charge in [-0.05, 0) is 0 Å². The van der Waals surface area contributed by atoms with Gasteiger partial charge in [0.1, 0.15) is 6.10 Å². The summed E-state index contributed by atoms with van der Waals surface area (Å²) in [6.45, 7) is 0. The number of aliphatic hydroxyl groups is 2. The van der Waals surface area contributed by atoms with Crippen LogP contribution in [0, 0.1) is 24.7 Å². The van der Waals surface area contributed by atoms with Crippen molar-refractivity contribution in [3.63, 3.8) is 0 Å². The van der Waals surface area contributed by atoms with Crippen molar-refractivity contribution >= 4 is 0 Å². The van der Waals surface area contributed by atoms with Crippen LogP contribution in [0.15, 0.2) is 0 Å². The Bertz CT molecular complexity index is 161. The van der Waals surface area contributed by atoms with Gasteiger partial charge in [0.25, 0.3) is 0 Å². The predicted octanol–water partition coefficient (Wildman–Crippen LogP) is -0.245. The SMILES string of the molecule is C#CCC(O)CC(O)C#C. The van der Waals surface area contributed by atoms with Crippen molar-refractivity contribution in [3.05, 3.63) is 0 Å². The molecular weight excluding hydrogens is 128 g/mol. The minimum absolute atomic E-state index is 0.153. The van der Waals surface area contributed by atoms with Crippen LogP contribution in [0.1, 0.15) is 12.8 Å². The van der Waals surface area contributed by atoms with Gasteiger partial charge >= 0.3 is 0 Å². The van der Waals surface area contributed by atoms with Gasteiger partial charge in [-0.25, -0.2) is 0 Å². The summed E-state index contributed by atoms with van der Waals surface area (Å²) in [4.78, 5) is 0. The highest BCUT2D eigenvalue weighted by molar-refractivity contribution is 4.96. The maximum Gasteiger partial charge on any atom is 0.117 e. The molecule has 0 heterocycles. The van der Waals surface area contributed by atoms with E-state index in [1.165, 1.54) is 0 Å². The molecular formula is C8H10O2. The lowest BCUT2D eigenvalue weighted by Crippen LogP contribution is -2.15. The molecule has 0 saturated carbocycles. The number of hydrogen-bond acceptors (Lipinski definition) is 2. The fourth-order valence-electron chi connectivity index (χ4n) is 0.545. The maximum absolute atomic E-state index is 8.95. The third-order valence-electron chi connectivity index (χ3n) is 1.04. The molecule has 0 aromatic rings. The Morgan fingerprint density at radius 1 is 1.30 bits per heavy atom. The quantitative estimate of drug-likeness (QED) is 0.528. The number of hydrogen-bond donors (Lipinski definition) is 2. The van der Waals surface area contributed by atoms with Crippen LogP contribution in [0.25, 0.3) is 0 Å². The first-order chi connectivity index (χ1) is 4.70. The Hall–Kier alpha value is -0.960. The standard InChI is InChI=1S/C8H10O2/c1-3-5-8(10)6-7(9)4-2/h1-2,7-10H,5-6H2. The van der Waals surface area contributed by atoms with Gasteiger partial charge in [0, 0.05) is 12.8 Å². The largest absolute Gasteiger partial charge is 0.392 e. The molecule has 0 aromatic heterocycles. The summed E-state index contributed by atoms with van der Waals surface area (Å²) in [6, 6.07) is 0. The number of aliphatic hydroxyl groups excluding tert-OH is 2. The van der Waals surface area contributed by atoms with E-state index < -0.39 is 12.2 Å². The molecule has 0 aliphatic heterocycles. The van der Waals surface area contributed by atoms with E-state index >= 15 is 0 Å². The summed E-state index contributed by atoms with van der Waals surface area (Å²) in [7, 11) is 0. The molecule has 2 unspecified atom stereocenters. The zero-order valence-corrected chi connectivity index (χ0v) is 5.62. The van der Waals surface area contributed by atoms with Gasteiger partial charge in [-0.2, -0.15) is 0 Å². The average molecular weight is 138 g/mol. The highest BCUT2D eigenvalue weighted by Gasteiger charge is 2.06. The van der Waals surface area contributed by atoms with Crippen LogP contribution >= 0.6 is 0 Å². The van der Waals surface area contributed by atoms with E-state index in [9.17, 15) is 0 Å². The van der Waals surface area contributed by atoms with Crippen LogP contribution in [0.4, 0.5) is 0 Å². The van der Waals surface area contributed by atoms with Crippen LogP contribution in [0.2, 0.25) is 0 Å². The summed E-state index contributed by atoms with van der Waals surface area (Å²) in [5.74, 6) is 4.35. The van der Waals surface area contributed by atoms with Gasteiger partial charge in [0.2, 0.25) is 0 Å². The Morgan fingerprint density at radius 2 is 1.90 bits per heavy atom. The third-order valence-corrected chi connectivity index (χ3v) is 1.04. The van der Waals surface area contributed by atoms with Crippen molar-refractivity contribution in [3.8, 4) is 24.7 Å². The van der Waals surface area contributed by atoms with Crippen molar-refractivity contribution in [1.82, 2.24) is 0 Å². The minimum Gasteiger partial charge on any atom is -0.392 e. The Balaban J connectivity index is 3.51. The normalized spacial score (nSPS) is 14.8. The molecule has 0 bridgehead atoms. The Morgan fingerprint density at radius 3 is 2.30 bits per heavy atom. The van der Waals surface area contributed by atoms with Crippen LogP contribution in [0.5, 0.6) is 0 Å². The van der Waals surface area contributed by atoms with Gasteiger partial charge in [-0.15, -0.1) is 18.8 Å². The van der Waals surface area contributed by atoms with Crippen molar-refractivity contribution in [1.29, 1.82) is 0 Å². The molecule has 0 aliphatic rings. The molecule has 0 fully saturated rings. The minimum atomic E-state index is -0.886. The van der Waals surface area contributed by atoms with Gasteiger partial charge in [0.15, 0.2) is 0 Å². The van der Waals surface area contributed by atoms with Crippen molar-refractivity contribution in [2.24, 2.45) is 0 Å². The molecule has 2 atom stereocenters. The fourth-order valence-corrected chi connectivity index (χ4v) is 0.545. The van der Waals surface area contributed by atoms with Crippen molar-refractivity contribution in [2.45, 2.75) is 25.0 Å². The molecule has 54 valence electrons. The zero-order valence-electron chi connectivity index (χ0n) is 5.62. The number of terminal acetylenes is 2. The van der Waals surface area contributed by atoms with E-state index in [1.807, 2.05) is 0 Å². The molecule has 0 amide bonds. The monoisotopic (exact) mass is 138 g/mol. The van der Waals surface area contributed by atoms with Crippen LogP contribution in [-0.4, -0.2) is 22.4 Å². The van der Waals surface area contributed by atoms with Gasteiger partial charge in [0.05, 0.1) is 6.10 Å². The first-order valence-electron chi connectivity index (χ1n) is 2.96. The average Bonchev–Trinajstić information content (AvgIpc) is 1.88. The first-order valence-corrected chi connectivity index (χ1v) is 2.96. The van der Waals surface area contributed by atoms with Crippen LogP contribution in [0.3, 0.4) is 0 Å². The van der Waals surface area contributed by atoms with Gasteiger partial charge in [-0.3, -0.25) is 0 Å². The summed E-state index contributed by atoms with van der Waals surface area (Å²) in [5, 5.41) is 17.7. The lowest BCUT2D eigenvalue weighted by Gasteiger charge is -2.07. The summed E-state index contributed by atoms with van der Waals surface area (Å²) in [5.41, 5.74) is 0. The van der Waals surface area contributed by atoms with Gasteiger partial charge in [-0.1, -0.05) is 5.92 Å². The number of rotatable bonds is 3. The van der Waals surface area contributed by atoms with Gasteiger partial charge < -0.3 is 10.2 Å². The van der Waals surface area contributed by atoms with E-state index in [1.54, 1.807) is 0 Å². The maximum atomic E-state index is 8.95. The lowest BCUT2D eigenvalue weighted by atomic mass is 10.1. The third kappa shape index (κ3) is 3.97. The topological polar surface area (TPSA) is 40.5 Å². The molecule has 10 heavy (non-hydrogen) atoms. The molecule has 0 saturated heterocycles.